The summed E-state index contributed by atoms with van der Waals surface area (Å²) in [6, 6.07) is 5.82. The molecule has 2 rings (SSSR count). The third-order valence-corrected chi connectivity index (χ3v) is 4.59. The van der Waals surface area contributed by atoms with Gasteiger partial charge in [0.25, 0.3) is 11.8 Å². The Labute approximate surface area is 165 Å². The molecule has 0 saturated heterocycles. The van der Waals surface area contributed by atoms with Gasteiger partial charge in [0.15, 0.2) is 11.4 Å². The first kappa shape index (κ1) is 21.5. The van der Waals surface area contributed by atoms with Crippen LogP contribution >= 0.6 is 0 Å². The summed E-state index contributed by atoms with van der Waals surface area (Å²) in [6.45, 7) is 4.99. The third-order valence-electron chi connectivity index (χ3n) is 4.59. The second-order valence-corrected chi connectivity index (χ2v) is 6.69. The number of hydrogen-bond acceptors (Lipinski definition) is 4. The Balaban J connectivity index is 1.99. The van der Waals surface area contributed by atoms with Gasteiger partial charge in [-0.05, 0) is 30.0 Å². The summed E-state index contributed by atoms with van der Waals surface area (Å²) in [5.74, 6) is -0.848. The zero-order chi connectivity index (χ0) is 20.4. The van der Waals surface area contributed by atoms with Gasteiger partial charge in [-0.25, -0.2) is 14.4 Å². The predicted octanol–water partition coefficient (Wildman–Crippen LogP) is 3.49. The van der Waals surface area contributed by atoms with Crippen LogP contribution < -0.4 is 10.6 Å². The number of unbranched alkanes of at least 4 members (excludes halogenated alkanes) is 1. The average molecular weight is 386 g/mol. The molecule has 0 spiro atoms. The molecule has 1 aromatic carbocycles. The smallest absolute Gasteiger partial charge is 0.272 e. The molecular formula is C21H27FN4O2. The van der Waals surface area contributed by atoms with Gasteiger partial charge in [-0.15, -0.1) is 0 Å². The number of nitrogens with zero attached hydrogens (tertiary/aromatic N) is 2. The lowest BCUT2D eigenvalue weighted by Gasteiger charge is -2.15. The monoisotopic (exact) mass is 386 g/mol. The van der Waals surface area contributed by atoms with E-state index in [1.807, 2.05) is 0 Å². The first-order valence-electron chi connectivity index (χ1n) is 9.67. The van der Waals surface area contributed by atoms with Crippen molar-refractivity contribution in [3.05, 3.63) is 59.4 Å². The Bertz CT molecular complexity index is 780. The zero-order valence-electron chi connectivity index (χ0n) is 16.4. The number of carbonyl (C=O) groups is 2. The van der Waals surface area contributed by atoms with Crippen LogP contribution in [0, 0.1) is 11.7 Å². The molecule has 0 bridgehead atoms. The lowest BCUT2D eigenvalue weighted by molar-refractivity contribution is 0.0905. The molecule has 150 valence electrons. The maximum absolute atomic E-state index is 13.0. The maximum Gasteiger partial charge on any atom is 0.272 e. The molecule has 2 N–H and O–H groups in total. The van der Waals surface area contributed by atoms with E-state index in [0.29, 0.717) is 12.5 Å². The van der Waals surface area contributed by atoms with Gasteiger partial charge in [-0.1, -0.05) is 45.2 Å². The summed E-state index contributed by atoms with van der Waals surface area (Å²) in [4.78, 5) is 33.1. The lowest BCUT2D eigenvalue weighted by Crippen LogP contribution is -2.33. The highest BCUT2D eigenvalue weighted by Gasteiger charge is 2.20. The Morgan fingerprint density at radius 2 is 1.61 bits per heavy atom. The van der Waals surface area contributed by atoms with Gasteiger partial charge in [-0.2, -0.15) is 0 Å². The first-order valence-corrected chi connectivity index (χ1v) is 9.67. The fraction of sp³-hybridized carbons (Fsp3) is 0.429. The van der Waals surface area contributed by atoms with Crippen molar-refractivity contribution in [1.29, 1.82) is 0 Å². The van der Waals surface area contributed by atoms with Crippen molar-refractivity contribution in [3.8, 4) is 0 Å². The molecule has 0 aliphatic heterocycles. The minimum Gasteiger partial charge on any atom is -0.350 e. The van der Waals surface area contributed by atoms with Gasteiger partial charge in [0, 0.05) is 25.5 Å². The van der Waals surface area contributed by atoms with Crippen LogP contribution in [0.5, 0.6) is 0 Å². The van der Waals surface area contributed by atoms with E-state index in [4.69, 9.17) is 0 Å². The summed E-state index contributed by atoms with van der Waals surface area (Å²) in [6.07, 6.45) is 7.04. The van der Waals surface area contributed by atoms with Crippen LogP contribution in [0.15, 0.2) is 36.7 Å². The number of aromatic nitrogens is 2. The van der Waals surface area contributed by atoms with E-state index in [9.17, 15) is 14.0 Å². The number of benzene rings is 1. The van der Waals surface area contributed by atoms with Crippen LogP contribution in [0.4, 0.5) is 4.39 Å². The van der Waals surface area contributed by atoms with Gasteiger partial charge in [-0.3, -0.25) is 9.59 Å². The Kier molecular flexibility index (Phi) is 8.52. The van der Waals surface area contributed by atoms with Crippen LogP contribution in [0.3, 0.4) is 0 Å². The van der Waals surface area contributed by atoms with E-state index in [-0.39, 0.29) is 23.7 Å². The number of halogens is 1. The molecule has 0 saturated carbocycles. The van der Waals surface area contributed by atoms with Crippen LogP contribution in [-0.2, 0) is 6.54 Å². The van der Waals surface area contributed by atoms with E-state index in [1.165, 1.54) is 24.5 Å². The molecule has 1 unspecified atom stereocenters. The van der Waals surface area contributed by atoms with Gasteiger partial charge < -0.3 is 10.6 Å². The minimum absolute atomic E-state index is 0.00412. The molecule has 1 atom stereocenters. The van der Waals surface area contributed by atoms with Crippen molar-refractivity contribution >= 4 is 11.8 Å². The summed E-state index contributed by atoms with van der Waals surface area (Å²) < 4.78 is 13.0. The van der Waals surface area contributed by atoms with Crippen molar-refractivity contribution in [3.63, 3.8) is 0 Å². The third kappa shape index (κ3) is 6.40. The molecule has 2 aromatic rings. The molecule has 6 nitrogen and oxygen atoms in total. The van der Waals surface area contributed by atoms with Gasteiger partial charge in [0.1, 0.15) is 5.82 Å². The molecule has 1 heterocycles. The van der Waals surface area contributed by atoms with Crippen molar-refractivity contribution in [2.45, 2.75) is 46.1 Å². The lowest BCUT2D eigenvalue weighted by atomic mass is 9.99. The number of rotatable bonds is 10. The fourth-order valence-corrected chi connectivity index (χ4v) is 2.80. The van der Waals surface area contributed by atoms with Gasteiger partial charge in [0.2, 0.25) is 0 Å². The highest BCUT2D eigenvalue weighted by atomic mass is 19.1. The van der Waals surface area contributed by atoms with E-state index < -0.39 is 11.8 Å². The van der Waals surface area contributed by atoms with E-state index >= 15 is 0 Å². The minimum atomic E-state index is -0.499. The highest BCUT2D eigenvalue weighted by Crippen LogP contribution is 2.12. The molecule has 7 heteroatoms. The van der Waals surface area contributed by atoms with Crippen LogP contribution in [-0.4, -0.2) is 28.3 Å². The quantitative estimate of drug-likeness (QED) is 0.655. The SMILES string of the molecule is CCCCC(CC)CNC(=O)c1nccnc1C(=O)NCc1ccc(F)cc1. The van der Waals surface area contributed by atoms with Crippen LogP contribution in [0.2, 0.25) is 0 Å². The topological polar surface area (TPSA) is 84.0 Å². The summed E-state index contributed by atoms with van der Waals surface area (Å²) >= 11 is 0. The molecule has 28 heavy (non-hydrogen) atoms. The highest BCUT2D eigenvalue weighted by molar-refractivity contribution is 6.04. The largest absolute Gasteiger partial charge is 0.350 e. The molecular weight excluding hydrogens is 359 g/mol. The molecule has 0 aliphatic carbocycles. The standard InChI is InChI=1S/C21H27FN4O2/c1-3-5-6-15(4-2)13-25-20(27)18-19(24-12-11-23-18)21(28)26-14-16-7-9-17(22)10-8-16/h7-12,15H,3-6,13-14H2,1-2H3,(H,25,27)(H,26,28). The first-order chi connectivity index (χ1) is 13.5. The molecule has 1 aromatic heterocycles. The van der Waals surface area contributed by atoms with Crippen LogP contribution in [0.25, 0.3) is 0 Å². The van der Waals surface area contributed by atoms with Crippen molar-refractivity contribution in [2.75, 3.05) is 6.54 Å². The summed E-state index contributed by atoms with van der Waals surface area (Å²) in [7, 11) is 0. The second-order valence-electron chi connectivity index (χ2n) is 6.69. The average Bonchev–Trinajstić information content (AvgIpc) is 2.73. The Morgan fingerprint density at radius 3 is 2.18 bits per heavy atom. The number of hydrogen-bond donors (Lipinski definition) is 2. The molecule has 2 amide bonds. The number of carbonyl (C=O) groups excluding carboxylic acids is 2. The fourth-order valence-electron chi connectivity index (χ4n) is 2.80. The van der Waals surface area contributed by atoms with E-state index in [2.05, 4.69) is 34.4 Å². The molecule has 0 radical (unpaired) electrons. The van der Waals surface area contributed by atoms with Crippen molar-refractivity contribution in [2.24, 2.45) is 5.92 Å². The van der Waals surface area contributed by atoms with Gasteiger partial charge >= 0.3 is 0 Å². The van der Waals surface area contributed by atoms with Gasteiger partial charge in [0.05, 0.1) is 0 Å². The molecule has 0 aliphatic rings. The predicted molar refractivity (Wildman–Crippen MR) is 105 cm³/mol. The Hall–Kier alpha value is -2.83. The van der Waals surface area contributed by atoms with E-state index in [0.717, 1.165) is 31.2 Å². The summed E-state index contributed by atoms with van der Waals surface area (Å²) in [5.41, 5.74) is 0.722. The number of amides is 2. The maximum atomic E-state index is 13.0. The number of nitrogens with one attached hydrogen (secondary N) is 2. The van der Waals surface area contributed by atoms with Crippen molar-refractivity contribution < 1.29 is 14.0 Å². The second kappa shape index (κ2) is 11.1. The normalized spacial score (nSPS) is 11.7. The van der Waals surface area contributed by atoms with Crippen molar-refractivity contribution in [1.82, 2.24) is 20.6 Å². The zero-order valence-corrected chi connectivity index (χ0v) is 16.4. The van der Waals surface area contributed by atoms with Crippen LogP contribution in [0.1, 0.15) is 66.1 Å². The molecule has 0 fully saturated rings. The Morgan fingerprint density at radius 1 is 1.00 bits per heavy atom. The summed E-state index contributed by atoms with van der Waals surface area (Å²) in [5, 5.41) is 5.56. The van der Waals surface area contributed by atoms with E-state index in [1.54, 1.807) is 12.1 Å².